The van der Waals surface area contributed by atoms with Crippen LogP contribution in [-0.4, -0.2) is 19.6 Å². The Morgan fingerprint density at radius 2 is 0.512 bits per heavy atom. The normalized spacial score (nSPS) is 12.0. The van der Waals surface area contributed by atoms with Gasteiger partial charge in [-0.25, -0.2) is 4.18 Å². The first-order chi connectivity index (χ1) is 20.1. The van der Waals surface area contributed by atoms with Crippen molar-refractivity contribution < 1.29 is 17.2 Å². The Morgan fingerprint density at radius 1 is 0.341 bits per heavy atom. The van der Waals surface area contributed by atoms with Gasteiger partial charge in [-0.2, -0.15) is 8.42 Å². The van der Waals surface area contributed by atoms with E-state index in [0.29, 0.717) is 6.42 Å². The van der Waals surface area contributed by atoms with E-state index in [1.54, 1.807) is 0 Å². The highest BCUT2D eigenvalue weighted by molar-refractivity contribution is 7.80. The molecule has 0 saturated carbocycles. The Kier molecular flexibility index (Phi) is 34.3. The molecule has 0 amide bonds. The third-order valence-corrected chi connectivity index (χ3v) is 9.19. The van der Waals surface area contributed by atoms with Crippen LogP contribution in [0, 0.1) is 0 Å². The second-order valence-corrected chi connectivity index (χ2v) is 14.0. The van der Waals surface area contributed by atoms with Crippen molar-refractivity contribution in [1.29, 1.82) is 0 Å². The average molecular weight is 603 g/mol. The summed E-state index contributed by atoms with van der Waals surface area (Å²) in [6.07, 6.45) is 47.1. The second kappa shape index (κ2) is 34.4. The molecule has 0 unspecified atom stereocenters. The van der Waals surface area contributed by atoms with Crippen LogP contribution >= 0.6 is 0 Å². The lowest BCUT2D eigenvalue weighted by molar-refractivity contribution is 0.261. The van der Waals surface area contributed by atoms with Crippen LogP contribution in [0.5, 0.6) is 0 Å². The van der Waals surface area contributed by atoms with Crippen LogP contribution in [0.1, 0.15) is 225 Å². The van der Waals surface area contributed by atoms with E-state index >= 15 is 0 Å². The maximum atomic E-state index is 10.4. The Hall–Kier alpha value is -0.130. The van der Waals surface area contributed by atoms with Crippen molar-refractivity contribution in [2.24, 2.45) is 0 Å². The van der Waals surface area contributed by atoms with Crippen LogP contribution in [0.2, 0.25) is 0 Å². The molecule has 0 aliphatic heterocycles. The summed E-state index contributed by atoms with van der Waals surface area (Å²) < 4.78 is 33.7. The lowest BCUT2D eigenvalue weighted by atomic mass is 10.0. The minimum atomic E-state index is -4.26. The van der Waals surface area contributed by atoms with Crippen molar-refractivity contribution in [3.8, 4) is 0 Å². The third-order valence-electron chi connectivity index (χ3n) is 8.73. The zero-order chi connectivity index (χ0) is 30.0. The average Bonchev–Trinajstić information content (AvgIpc) is 2.94. The molecule has 0 rings (SSSR count). The molecular weight excluding hydrogens is 528 g/mol. The van der Waals surface area contributed by atoms with Crippen LogP contribution < -0.4 is 0 Å². The topological polar surface area (TPSA) is 63.6 Å². The quantitative estimate of drug-likeness (QED) is 0.0572. The van der Waals surface area contributed by atoms with Gasteiger partial charge in [0.25, 0.3) is 0 Å². The molecule has 0 saturated heterocycles. The van der Waals surface area contributed by atoms with E-state index in [9.17, 15) is 8.42 Å². The van der Waals surface area contributed by atoms with Gasteiger partial charge in [0.15, 0.2) is 0 Å². The standard InChI is InChI=1S/C36H74O4S/c1-2-3-4-5-6-7-8-9-10-11-12-13-14-15-16-17-18-19-20-21-22-23-24-25-26-27-28-29-30-31-32-33-34-35-36-40-41(37,38)39/h2-36H2,1H3,(H,37,38,39). The highest BCUT2D eigenvalue weighted by Gasteiger charge is 2.02. The van der Waals surface area contributed by atoms with Crippen LogP contribution in [0.3, 0.4) is 0 Å². The number of hydrogen-bond donors (Lipinski definition) is 1. The van der Waals surface area contributed by atoms with Gasteiger partial charge in [-0.15, -0.1) is 0 Å². The Labute approximate surface area is 258 Å². The van der Waals surface area contributed by atoms with E-state index in [0.717, 1.165) is 12.8 Å². The van der Waals surface area contributed by atoms with Gasteiger partial charge >= 0.3 is 10.4 Å². The van der Waals surface area contributed by atoms with Gasteiger partial charge in [-0.3, -0.25) is 4.55 Å². The molecular formula is C36H74O4S. The number of rotatable bonds is 36. The van der Waals surface area contributed by atoms with E-state index in [2.05, 4.69) is 11.1 Å². The van der Waals surface area contributed by atoms with Crippen molar-refractivity contribution in [1.82, 2.24) is 0 Å². The summed E-state index contributed by atoms with van der Waals surface area (Å²) in [6, 6.07) is 0. The molecule has 0 fully saturated rings. The molecule has 0 aromatic heterocycles. The monoisotopic (exact) mass is 603 g/mol. The van der Waals surface area contributed by atoms with Crippen LogP contribution in [0.15, 0.2) is 0 Å². The van der Waals surface area contributed by atoms with Gasteiger partial charge in [-0.05, 0) is 6.42 Å². The van der Waals surface area contributed by atoms with Crippen molar-refractivity contribution in [2.45, 2.75) is 225 Å². The van der Waals surface area contributed by atoms with Crippen LogP contribution in [0.25, 0.3) is 0 Å². The highest BCUT2D eigenvalue weighted by atomic mass is 32.3. The molecule has 0 aliphatic carbocycles. The third kappa shape index (κ3) is 39.9. The Morgan fingerprint density at radius 3 is 0.683 bits per heavy atom. The first-order valence-corrected chi connectivity index (χ1v) is 20.0. The molecule has 0 radical (unpaired) electrons. The summed E-state index contributed by atoms with van der Waals surface area (Å²) >= 11 is 0. The van der Waals surface area contributed by atoms with E-state index in [1.807, 2.05) is 0 Å². The summed E-state index contributed by atoms with van der Waals surface area (Å²) in [5, 5.41) is 0. The molecule has 0 bridgehead atoms. The zero-order valence-electron chi connectivity index (χ0n) is 27.8. The van der Waals surface area contributed by atoms with Crippen LogP contribution in [-0.2, 0) is 14.6 Å². The maximum absolute atomic E-state index is 10.4. The van der Waals surface area contributed by atoms with Gasteiger partial charge < -0.3 is 0 Å². The fraction of sp³-hybridized carbons (Fsp3) is 1.00. The van der Waals surface area contributed by atoms with Gasteiger partial charge in [-0.1, -0.05) is 219 Å². The SMILES string of the molecule is CCCCCCCCCCCCCCCCCCCCCCCCCCCCCCCCCCCCOS(=O)(=O)O. The minimum Gasteiger partial charge on any atom is -0.264 e. The Balaban J connectivity index is 3.05. The molecule has 4 nitrogen and oxygen atoms in total. The lowest BCUT2D eigenvalue weighted by Gasteiger charge is -2.05. The molecule has 0 aliphatic rings. The predicted molar refractivity (Wildman–Crippen MR) is 180 cm³/mol. The maximum Gasteiger partial charge on any atom is 0.397 e. The molecule has 41 heavy (non-hydrogen) atoms. The molecule has 0 aromatic rings. The summed E-state index contributed by atoms with van der Waals surface area (Å²) in [7, 11) is -4.26. The van der Waals surface area contributed by atoms with E-state index in [4.69, 9.17) is 4.55 Å². The van der Waals surface area contributed by atoms with Crippen molar-refractivity contribution in [2.75, 3.05) is 6.61 Å². The van der Waals surface area contributed by atoms with Gasteiger partial charge in [0.1, 0.15) is 0 Å². The molecule has 0 heterocycles. The molecule has 248 valence electrons. The summed E-state index contributed by atoms with van der Waals surface area (Å²) in [5.41, 5.74) is 0. The molecule has 0 spiro atoms. The minimum absolute atomic E-state index is 0.0957. The fourth-order valence-electron chi connectivity index (χ4n) is 6.00. The highest BCUT2D eigenvalue weighted by Crippen LogP contribution is 2.17. The van der Waals surface area contributed by atoms with E-state index in [1.165, 1.54) is 199 Å². The van der Waals surface area contributed by atoms with E-state index in [-0.39, 0.29) is 6.61 Å². The van der Waals surface area contributed by atoms with Crippen LogP contribution in [0.4, 0.5) is 0 Å². The molecule has 1 N–H and O–H groups in total. The van der Waals surface area contributed by atoms with E-state index < -0.39 is 10.4 Å². The van der Waals surface area contributed by atoms with Gasteiger partial charge in [0.2, 0.25) is 0 Å². The molecule has 0 atom stereocenters. The smallest absolute Gasteiger partial charge is 0.264 e. The fourth-order valence-corrected chi connectivity index (χ4v) is 6.32. The molecule has 5 heteroatoms. The lowest BCUT2D eigenvalue weighted by Crippen LogP contribution is -2.04. The summed E-state index contributed by atoms with van der Waals surface area (Å²) in [6.45, 7) is 2.39. The summed E-state index contributed by atoms with van der Waals surface area (Å²) in [5.74, 6) is 0. The summed E-state index contributed by atoms with van der Waals surface area (Å²) in [4.78, 5) is 0. The first-order valence-electron chi connectivity index (χ1n) is 18.7. The van der Waals surface area contributed by atoms with Crippen molar-refractivity contribution >= 4 is 10.4 Å². The Bertz CT molecular complexity index is 578. The van der Waals surface area contributed by atoms with Gasteiger partial charge in [0, 0.05) is 0 Å². The molecule has 0 aromatic carbocycles. The van der Waals surface area contributed by atoms with Crippen molar-refractivity contribution in [3.63, 3.8) is 0 Å². The number of hydrogen-bond acceptors (Lipinski definition) is 3. The van der Waals surface area contributed by atoms with Gasteiger partial charge in [0.05, 0.1) is 6.61 Å². The zero-order valence-corrected chi connectivity index (χ0v) is 28.6. The largest absolute Gasteiger partial charge is 0.397 e. The number of unbranched alkanes of at least 4 members (excludes halogenated alkanes) is 33. The van der Waals surface area contributed by atoms with Crippen molar-refractivity contribution in [3.05, 3.63) is 0 Å². The second-order valence-electron chi connectivity index (χ2n) is 12.9. The predicted octanol–water partition coefficient (Wildman–Crippen LogP) is 13.1. The first kappa shape index (κ1) is 40.9.